The lowest BCUT2D eigenvalue weighted by Gasteiger charge is -2.63. The molecular weight excluding hydrogens is 436 g/mol. The first-order valence-electron chi connectivity index (χ1n) is 14.0. The lowest BCUT2D eigenvalue weighted by atomic mass is 9.43. The summed E-state index contributed by atoms with van der Waals surface area (Å²) in [5, 5.41) is 25.8. The van der Waals surface area contributed by atoms with Gasteiger partial charge in [0.25, 0.3) is 5.91 Å². The summed E-state index contributed by atoms with van der Waals surface area (Å²) >= 11 is 0. The van der Waals surface area contributed by atoms with Gasteiger partial charge < -0.3 is 20.4 Å². The van der Waals surface area contributed by atoms with Crippen LogP contribution >= 0.6 is 0 Å². The Hall–Kier alpha value is -1.43. The number of carbonyl (C=O) groups excluding carboxylic acids is 1. The van der Waals surface area contributed by atoms with Crippen LogP contribution in [-0.4, -0.2) is 59.4 Å². The lowest BCUT2D eigenvalue weighted by molar-refractivity contribution is -0.177. The maximum atomic E-state index is 12.8. The Labute approximate surface area is 211 Å². The Morgan fingerprint density at radius 1 is 0.971 bits per heavy atom. The first-order chi connectivity index (χ1) is 16.6. The predicted molar refractivity (Wildman–Crippen MR) is 139 cm³/mol. The van der Waals surface area contributed by atoms with Crippen LogP contribution in [0.15, 0.2) is 30.3 Å². The number of benzene rings is 1. The van der Waals surface area contributed by atoms with E-state index in [1.807, 2.05) is 18.2 Å². The van der Waals surface area contributed by atoms with Crippen molar-refractivity contribution in [3.63, 3.8) is 0 Å². The monoisotopic (exact) mass is 482 g/mol. The third-order valence-electron chi connectivity index (χ3n) is 11.6. The summed E-state index contributed by atoms with van der Waals surface area (Å²) in [5.74, 6) is 2.62. The molecular formula is C30H46N2O3. The van der Waals surface area contributed by atoms with Crippen LogP contribution in [-0.2, 0) is 0 Å². The summed E-state index contributed by atoms with van der Waals surface area (Å²) in [4.78, 5) is 15.2. The molecule has 194 valence electrons. The molecule has 3 N–H and O–H groups in total. The molecule has 11 atom stereocenters. The molecule has 4 aliphatic rings. The van der Waals surface area contributed by atoms with Crippen molar-refractivity contribution < 1.29 is 15.0 Å². The molecule has 5 heteroatoms. The number of amides is 1. The molecule has 4 saturated carbocycles. The first-order valence-corrected chi connectivity index (χ1v) is 14.0. The largest absolute Gasteiger partial charge is 0.391 e. The molecule has 0 saturated heterocycles. The van der Waals surface area contributed by atoms with E-state index in [1.165, 1.54) is 32.1 Å². The van der Waals surface area contributed by atoms with E-state index in [0.717, 1.165) is 18.3 Å². The minimum absolute atomic E-state index is 0.0810. The van der Waals surface area contributed by atoms with E-state index in [1.54, 1.807) is 12.1 Å². The fourth-order valence-corrected chi connectivity index (χ4v) is 9.60. The van der Waals surface area contributed by atoms with E-state index in [0.29, 0.717) is 35.3 Å². The highest BCUT2D eigenvalue weighted by molar-refractivity contribution is 5.94. The van der Waals surface area contributed by atoms with Crippen LogP contribution in [0.3, 0.4) is 0 Å². The highest BCUT2D eigenvalue weighted by Gasteiger charge is 2.63. The average molecular weight is 483 g/mol. The number of fused-ring (bicyclic) bond motifs is 5. The molecule has 35 heavy (non-hydrogen) atoms. The van der Waals surface area contributed by atoms with Crippen molar-refractivity contribution in [1.82, 2.24) is 10.2 Å². The van der Waals surface area contributed by atoms with Gasteiger partial charge in [-0.05, 0) is 119 Å². The van der Waals surface area contributed by atoms with Gasteiger partial charge in [-0.1, -0.05) is 32.0 Å². The maximum Gasteiger partial charge on any atom is 0.251 e. The Kier molecular flexibility index (Phi) is 6.59. The summed E-state index contributed by atoms with van der Waals surface area (Å²) in [5.41, 5.74) is 0.882. The van der Waals surface area contributed by atoms with E-state index in [2.05, 4.69) is 45.1 Å². The molecule has 0 spiro atoms. The molecule has 4 fully saturated rings. The molecule has 1 aromatic carbocycles. The second-order valence-corrected chi connectivity index (χ2v) is 13.1. The van der Waals surface area contributed by atoms with Gasteiger partial charge in [-0.3, -0.25) is 4.79 Å². The Morgan fingerprint density at radius 2 is 1.63 bits per heavy atom. The van der Waals surface area contributed by atoms with E-state index in [4.69, 9.17) is 0 Å². The highest BCUT2D eigenvalue weighted by atomic mass is 16.3. The molecule has 0 aliphatic heterocycles. The van der Waals surface area contributed by atoms with Crippen LogP contribution in [0.4, 0.5) is 0 Å². The molecule has 0 radical (unpaired) electrons. The summed E-state index contributed by atoms with van der Waals surface area (Å²) in [6.07, 6.45) is 6.48. The molecule has 0 bridgehead atoms. The standard InChI is InChI=1S/C30H46N2O3/c1-18(32(4)5)21-13-14-22-20-11-12-24-27(34)26(31-28(35)19-9-7-6-8-10-19)25(33)17-30(24,3)23(20)15-16-29(21,22)2/h6-10,18,20-27,33-34H,11-17H2,1-5H3,(H,31,35)/t18-,20-,21+,22-,23-,24?,25+,26-,27-,29+,30+/m0/s1. The van der Waals surface area contributed by atoms with Gasteiger partial charge in [0, 0.05) is 11.6 Å². The minimum Gasteiger partial charge on any atom is -0.391 e. The van der Waals surface area contributed by atoms with Crippen LogP contribution in [0, 0.1) is 40.4 Å². The molecule has 5 nitrogen and oxygen atoms in total. The van der Waals surface area contributed by atoms with Gasteiger partial charge in [0.15, 0.2) is 0 Å². The van der Waals surface area contributed by atoms with Crippen molar-refractivity contribution in [3.8, 4) is 0 Å². The quantitative estimate of drug-likeness (QED) is 0.597. The number of aliphatic hydroxyl groups is 2. The maximum absolute atomic E-state index is 12.8. The van der Waals surface area contributed by atoms with Crippen molar-refractivity contribution in [3.05, 3.63) is 35.9 Å². The third kappa shape index (κ3) is 3.97. The second kappa shape index (κ2) is 9.15. The van der Waals surface area contributed by atoms with Gasteiger partial charge in [0.2, 0.25) is 0 Å². The summed E-state index contributed by atoms with van der Waals surface area (Å²) < 4.78 is 0. The zero-order valence-electron chi connectivity index (χ0n) is 22.3. The molecule has 0 aromatic heterocycles. The van der Waals surface area contributed by atoms with Crippen LogP contribution in [0.5, 0.6) is 0 Å². The third-order valence-corrected chi connectivity index (χ3v) is 11.6. The minimum atomic E-state index is -0.726. The van der Waals surface area contributed by atoms with Gasteiger partial charge >= 0.3 is 0 Å². The van der Waals surface area contributed by atoms with E-state index < -0.39 is 18.2 Å². The molecule has 1 aromatic rings. The smallest absolute Gasteiger partial charge is 0.251 e. The van der Waals surface area contributed by atoms with Gasteiger partial charge in [0.05, 0.1) is 18.2 Å². The van der Waals surface area contributed by atoms with Crippen molar-refractivity contribution >= 4 is 5.91 Å². The average Bonchev–Trinajstić information content (AvgIpc) is 3.18. The SMILES string of the molecule is C[C@@H]([C@H]1CC[C@H]2[C@@H]3CCC4[C@H](O)[C@@H](NC(=O)c5ccccc5)[C@H](O)C[C@]4(C)[C@H]3CC[C@]12C)N(C)C. The zero-order valence-corrected chi connectivity index (χ0v) is 22.3. The van der Waals surface area contributed by atoms with E-state index in [-0.39, 0.29) is 17.2 Å². The number of carbonyl (C=O) groups is 1. The molecule has 1 unspecified atom stereocenters. The summed E-state index contributed by atoms with van der Waals surface area (Å²) in [6.45, 7) is 7.31. The summed E-state index contributed by atoms with van der Waals surface area (Å²) in [7, 11) is 4.44. The van der Waals surface area contributed by atoms with Crippen LogP contribution in [0.2, 0.25) is 0 Å². The second-order valence-electron chi connectivity index (χ2n) is 13.1. The first kappa shape index (κ1) is 25.2. The van der Waals surface area contributed by atoms with Crippen LogP contribution in [0.25, 0.3) is 0 Å². The van der Waals surface area contributed by atoms with Gasteiger partial charge in [-0.25, -0.2) is 0 Å². The molecule has 0 heterocycles. The summed E-state index contributed by atoms with van der Waals surface area (Å²) in [6, 6.07) is 9.10. The number of nitrogens with one attached hydrogen (secondary N) is 1. The molecule has 4 aliphatic carbocycles. The molecule has 5 rings (SSSR count). The fraction of sp³-hybridized carbons (Fsp3) is 0.767. The van der Waals surface area contributed by atoms with E-state index >= 15 is 0 Å². The van der Waals surface area contributed by atoms with Crippen molar-refractivity contribution in [2.75, 3.05) is 14.1 Å². The van der Waals surface area contributed by atoms with Gasteiger partial charge in [-0.2, -0.15) is 0 Å². The van der Waals surface area contributed by atoms with Crippen LogP contribution in [0.1, 0.15) is 76.1 Å². The number of nitrogens with zero attached hydrogens (tertiary/aromatic N) is 1. The van der Waals surface area contributed by atoms with Crippen molar-refractivity contribution in [1.29, 1.82) is 0 Å². The van der Waals surface area contributed by atoms with Crippen molar-refractivity contribution in [2.45, 2.75) is 90.0 Å². The van der Waals surface area contributed by atoms with Gasteiger partial charge in [0.1, 0.15) is 0 Å². The Bertz CT molecular complexity index is 921. The fourth-order valence-electron chi connectivity index (χ4n) is 9.60. The highest BCUT2D eigenvalue weighted by Crippen LogP contribution is 2.68. The number of aliphatic hydroxyl groups excluding tert-OH is 2. The van der Waals surface area contributed by atoms with Crippen molar-refractivity contribution in [2.24, 2.45) is 40.4 Å². The molecule has 1 amide bonds. The number of hydrogen-bond donors (Lipinski definition) is 3. The Balaban J connectivity index is 1.34. The predicted octanol–water partition coefficient (Wildman–Crippen LogP) is 4.34. The zero-order chi connectivity index (χ0) is 25.1. The van der Waals surface area contributed by atoms with Crippen LogP contribution < -0.4 is 5.32 Å². The number of rotatable bonds is 4. The normalized spacial score (nSPS) is 45.8. The van der Waals surface area contributed by atoms with Gasteiger partial charge in [-0.15, -0.1) is 0 Å². The topological polar surface area (TPSA) is 72.8 Å². The van der Waals surface area contributed by atoms with E-state index in [9.17, 15) is 15.0 Å². The lowest BCUT2D eigenvalue weighted by Crippen LogP contribution is -2.65. The number of hydrogen-bond acceptors (Lipinski definition) is 4. The Morgan fingerprint density at radius 3 is 2.31 bits per heavy atom.